The van der Waals surface area contributed by atoms with Crippen LogP contribution in [0.5, 0.6) is 0 Å². The van der Waals surface area contributed by atoms with Crippen LogP contribution in [-0.2, 0) is 4.74 Å². The number of rotatable bonds is 5. The summed E-state index contributed by atoms with van der Waals surface area (Å²) in [5.41, 5.74) is 0.869. The van der Waals surface area contributed by atoms with Crippen LogP contribution >= 0.6 is 23.1 Å². The van der Waals surface area contributed by atoms with Crippen LogP contribution in [0.3, 0.4) is 0 Å². The molecule has 0 radical (unpaired) electrons. The van der Waals surface area contributed by atoms with Crippen LogP contribution in [-0.4, -0.2) is 53.1 Å². The zero-order chi connectivity index (χ0) is 17.1. The molecule has 25 heavy (non-hydrogen) atoms. The summed E-state index contributed by atoms with van der Waals surface area (Å²) in [4.78, 5) is 20.9. The lowest BCUT2D eigenvalue weighted by atomic mass is 10.3. The van der Waals surface area contributed by atoms with E-state index in [0.717, 1.165) is 54.3 Å². The van der Waals surface area contributed by atoms with E-state index in [1.807, 2.05) is 41.8 Å². The van der Waals surface area contributed by atoms with E-state index < -0.39 is 0 Å². The van der Waals surface area contributed by atoms with E-state index in [1.165, 1.54) is 11.3 Å². The Hall–Kier alpha value is -1.67. The molecule has 3 heterocycles. The van der Waals surface area contributed by atoms with E-state index >= 15 is 0 Å². The predicted molar refractivity (Wildman–Crippen MR) is 103 cm³/mol. The largest absolute Gasteiger partial charge is 0.379 e. The van der Waals surface area contributed by atoms with Gasteiger partial charge in [-0.25, -0.2) is 4.98 Å². The maximum atomic E-state index is 13.0. The minimum Gasteiger partial charge on any atom is -0.379 e. The van der Waals surface area contributed by atoms with Crippen molar-refractivity contribution in [1.29, 1.82) is 0 Å². The molecule has 0 aliphatic carbocycles. The molecule has 1 aliphatic rings. The molecule has 7 heteroatoms. The number of aromatic nitrogens is 2. The molecule has 5 nitrogen and oxygen atoms in total. The summed E-state index contributed by atoms with van der Waals surface area (Å²) in [6.07, 6.45) is 0. The molecule has 4 rings (SSSR count). The van der Waals surface area contributed by atoms with E-state index in [1.54, 1.807) is 16.3 Å². The van der Waals surface area contributed by atoms with Crippen molar-refractivity contribution in [2.24, 2.45) is 0 Å². The number of morpholine rings is 1. The zero-order valence-corrected chi connectivity index (χ0v) is 15.4. The summed E-state index contributed by atoms with van der Waals surface area (Å²) in [6.45, 7) is 4.53. The third-order valence-electron chi connectivity index (χ3n) is 4.22. The Balaban J connectivity index is 1.63. The molecular formula is C18H19N3O2S2. The molecule has 0 atom stereocenters. The van der Waals surface area contributed by atoms with Gasteiger partial charge in [-0.1, -0.05) is 30.0 Å². The van der Waals surface area contributed by atoms with Gasteiger partial charge < -0.3 is 4.74 Å². The van der Waals surface area contributed by atoms with Crippen molar-refractivity contribution in [3.63, 3.8) is 0 Å². The molecule has 1 saturated heterocycles. The van der Waals surface area contributed by atoms with Crippen LogP contribution < -0.4 is 5.56 Å². The Kier molecular flexibility index (Phi) is 5.17. The number of benzene rings is 1. The summed E-state index contributed by atoms with van der Waals surface area (Å²) >= 11 is 3.16. The van der Waals surface area contributed by atoms with E-state index in [9.17, 15) is 4.79 Å². The number of thiophene rings is 1. The monoisotopic (exact) mass is 373 g/mol. The van der Waals surface area contributed by atoms with Gasteiger partial charge in [-0.05, 0) is 23.6 Å². The van der Waals surface area contributed by atoms with E-state index in [4.69, 9.17) is 9.72 Å². The molecule has 0 spiro atoms. The third-order valence-corrected chi connectivity index (χ3v) is 5.95. The second-order valence-corrected chi connectivity index (χ2v) is 7.77. The molecule has 0 amide bonds. The first-order chi connectivity index (χ1) is 12.3. The number of para-hydroxylation sites is 1. The van der Waals surface area contributed by atoms with Crippen molar-refractivity contribution in [3.05, 3.63) is 52.1 Å². The highest BCUT2D eigenvalue weighted by Gasteiger charge is 2.15. The van der Waals surface area contributed by atoms with Gasteiger partial charge in [0.2, 0.25) is 0 Å². The maximum Gasteiger partial charge on any atom is 0.267 e. The first-order valence-electron chi connectivity index (χ1n) is 8.31. The molecule has 1 aliphatic heterocycles. The Morgan fingerprint density at radius 1 is 1.16 bits per heavy atom. The van der Waals surface area contributed by atoms with E-state index in [0.29, 0.717) is 5.39 Å². The van der Waals surface area contributed by atoms with Crippen LogP contribution in [0.15, 0.2) is 51.7 Å². The summed E-state index contributed by atoms with van der Waals surface area (Å²) in [7, 11) is 0. The van der Waals surface area contributed by atoms with Crippen LogP contribution in [0.25, 0.3) is 15.9 Å². The molecule has 0 saturated carbocycles. The van der Waals surface area contributed by atoms with Gasteiger partial charge in [0.25, 0.3) is 5.56 Å². The first-order valence-corrected chi connectivity index (χ1v) is 10.2. The van der Waals surface area contributed by atoms with Gasteiger partial charge in [0.1, 0.15) is 4.83 Å². The lowest BCUT2D eigenvalue weighted by Gasteiger charge is -2.26. The minimum atomic E-state index is 0.00585. The summed E-state index contributed by atoms with van der Waals surface area (Å²) in [5.74, 6) is 0.899. The second-order valence-electron chi connectivity index (χ2n) is 5.81. The molecular weight excluding hydrogens is 354 g/mol. The SMILES string of the molecule is O=c1c2ccsc2nc(SCCN2CCOCC2)n1-c1ccccc1. The molecule has 130 valence electrons. The molecule has 1 fully saturated rings. The van der Waals surface area contributed by atoms with Crippen molar-refractivity contribution in [3.8, 4) is 5.69 Å². The fourth-order valence-electron chi connectivity index (χ4n) is 2.89. The van der Waals surface area contributed by atoms with Gasteiger partial charge in [0, 0.05) is 25.4 Å². The predicted octanol–water partition coefficient (Wildman–Crippen LogP) is 2.87. The Bertz CT molecular complexity index is 902. The quantitative estimate of drug-likeness (QED) is 0.508. The number of hydrogen-bond donors (Lipinski definition) is 0. The van der Waals surface area contributed by atoms with Gasteiger partial charge in [0.05, 0.1) is 24.3 Å². The molecule has 0 N–H and O–H groups in total. The fraction of sp³-hybridized carbons (Fsp3) is 0.333. The standard InChI is InChI=1S/C18H19N3O2S2/c22-17-15-6-12-24-16(15)19-18(21(17)14-4-2-1-3-5-14)25-13-9-20-7-10-23-11-8-20/h1-6,12H,7-11,13H2. The van der Waals surface area contributed by atoms with Crippen molar-refractivity contribution in [2.45, 2.75) is 5.16 Å². The van der Waals surface area contributed by atoms with Crippen LogP contribution in [0.4, 0.5) is 0 Å². The highest BCUT2D eigenvalue weighted by molar-refractivity contribution is 7.99. The highest BCUT2D eigenvalue weighted by atomic mass is 32.2. The summed E-state index contributed by atoms with van der Waals surface area (Å²) < 4.78 is 7.13. The minimum absolute atomic E-state index is 0.00585. The van der Waals surface area contributed by atoms with Gasteiger partial charge >= 0.3 is 0 Å². The van der Waals surface area contributed by atoms with Crippen molar-refractivity contribution in [2.75, 3.05) is 38.6 Å². The van der Waals surface area contributed by atoms with Crippen molar-refractivity contribution < 1.29 is 4.74 Å². The Morgan fingerprint density at radius 3 is 2.76 bits per heavy atom. The van der Waals surface area contributed by atoms with Gasteiger partial charge in [0.15, 0.2) is 5.16 Å². The topological polar surface area (TPSA) is 47.4 Å². The summed E-state index contributed by atoms with van der Waals surface area (Å²) in [5, 5.41) is 3.38. The second kappa shape index (κ2) is 7.70. The van der Waals surface area contributed by atoms with Crippen molar-refractivity contribution in [1.82, 2.24) is 14.5 Å². The molecule has 0 unspecified atom stereocenters. The smallest absolute Gasteiger partial charge is 0.267 e. The average Bonchev–Trinajstić information content (AvgIpc) is 3.12. The first kappa shape index (κ1) is 16.8. The van der Waals surface area contributed by atoms with Crippen LogP contribution in [0.1, 0.15) is 0 Å². The molecule has 0 bridgehead atoms. The Morgan fingerprint density at radius 2 is 1.96 bits per heavy atom. The lowest BCUT2D eigenvalue weighted by molar-refractivity contribution is 0.0410. The maximum absolute atomic E-state index is 13.0. The lowest BCUT2D eigenvalue weighted by Crippen LogP contribution is -2.37. The third kappa shape index (κ3) is 3.64. The normalized spacial score (nSPS) is 15.7. The van der Waals surface area contributed by atoms with Crippen LogP contribution in [0.2, 0.25) is 0 Å². The Labute approximate surface area is 154 Å². The average molecular weight is 374 g/mol. The van der Waals surface area contributed by atoms with E-state index in [2.05, 4.69) is 4.90 Å². The van der Waals surface area contributed by atoms with Crippen LogP contribution in [0, 0.1) is 0 Å². The van der Waals surface area contributed by atoms with Crippen molar-refractivity contribution >= 4 is 33.3 Å². The number of thioether (sulfide) groups is 1. The fourth-order valence-corrected chi connectivity index (χ4v) is 4.70. The van der Waals surface area contributed by atoms with Gasteiger partial charge in [-0.15, -0.1) is 11.3 Å². The van der Waals surface area contributed by atoms with Gasteiger partial charge in [-0.2, -0.15) is 0 Å². The van der Waals surface area contributed by atoms with Gasteiger partial charge in [-0.3, -0.25) is 14.3 Å². The molecule has 1 aromatic carbocycles. The molecule has 2 aromatic heterocycles. The number of fused-ring (bicyclic) bond motifs is 1. The van der Waals surface area contributed by atoms with E-state index in [-0.39, 0.29) is 5.56 Å². The molecule has 3 aromatic rings. The summed E-state index contributed by atoms with van der Waals surface area (Å²) in [6, 6.07) is 11.6. The zero-order valence-electron chi connectivity index (χ0n) is 13.8. The number of nitrogens with zero attached hydrogens (tertiary/aromatic N) is 3. The number of hydrogen-bond acceptors (Lipinski definition) is 6. The highest BCUT2D eigenvalue weighted by Crippen LogP contribution is 2.23. The number of ether oxygens (including phenoxy) is 1.